The van der Waals surface area contributed by atoms with Crippen molar-refractivity contribution < 1.29 is 24.6 Å². The zero-order valence-electron chi connectivity index (χ0n) is 10.1. The number of likely N-dealkylation sites (tertiary alicyclic amines) is 1. The topological polar surface area (TPSA) is 107 Å². The van der Waals surface area contributed by atoms with Gasteiger partial charge in [-0.3, -0.25) is 9.59 Å². The van der Waals surface area contributed by atoms with Gasteiger partial charge < -0.3 is 20.4 Å². The molecule has 2 rings (SSSR count). The van der Waals surface area contributed by atoms with Crippen LogP contribution in [0.25, 0.3) is 0 Å². The van der Waals surface area contributed by atoms with Crippen LogP contribution in [0.15, 0.2) is 12.1 Å². The summed E-state index contributed by atoms with van der Waals surface area (Å²) in [6, 6.07) is 2.34. The van der Waals surface area contributed by atoms with Gasteiger partial charge in [-0.25, -0.2) is 4.79 Å². The molecule has 1 saturated heterocycles. The Kier molecular flexibility index (Phi) is 4.15. The fraction of sp³-hybridized carbons (Fsp3) is 0.364. The number of aliphatic carboxylic acids is 1. The number of hydrogen-bond acceptors (Lipinski definition) is 4. The van der Waals surface area contributed by atoms with Gasteiger partial charge in [-0.15, -0.1) is 11.3 Å². The first-order valence-corrected chi connectivity index (χ1v) is 6.85. The van der Waals surface area contributed by atoms with Crippen molar-refractivity contribution in [1.82, 2.24) is 10.2 Å². The van der Waals surface area contributed by atoms with Gasteiger partial charge in [-0.05, 0) is 12.1 Å². The molecule has 2 heterocycles. The zero-order chi connectivity index (χ0) is 14.9. The van der Waals surface area contributed by atoms with E-state index >= 15 is 0 Å². The summed E-state index contributed by atoms with van der Waals surface area (Å²) in [7, 11) is 0. The molecule has 1 aliphatic heterocycles. The summed E-state index contributed by atoms with van der Waals surface area (Å²) in [6.07, 6.45) is -1.20. The fourth-order valence-electron chi connectivity index (χ4n) is 2.03. The van der Waals surface area contributed by atoms with E-state index < -0.39 is 29.9 Å². The van der Waals surface area contributed by atoms with Crippen LogP contribution in [0.1, 0.15) is 9.67 Å². The highest BCUT2D eigenvalue weighted by molar-refractivity contribution is 7.18. The van der Waals surface area contributed by atoms with E-state index in [0.29, 0.717) is 9.21 Å². The predicted molar refractivity (Wildman–Crippen MR) is 71.3 cm³/mol. The molecule has 2 unspecified atom stereocenters. The number of nitrogens with one attached hydrogen (secondary N) is 1. The van der Waals surface area contributed by atoms with E-state index in [1.807, 2.05) is 0 Å². The number of halogens is 1. The van der Waals surface area contributed by atoms with Crippen LogP contribution in [0.4, 0.5) is 4.79 Å². The lowest BCUT2D eigenvalue weighted by Crippen LogP contribution is -2.42. The molecule has 0 saturated carbocycles. The summed E-state index contributed by atoms with van der Waals surface area (Å²) in [5.74, 6) is -2.54. The maximum absolute atomic E-state index is 11.9. The number of hydrogen-bond donors (Lipinski definition) is 3. The third-order valence-corrected chi connectivity index (χ3v) is 4.25. The molecule has 3 N–H and O–H groups in total. The molecule has 1 aromatic heterocycles. The smallest absolute Gasteiger partial charge is 0.407 e. The summed E-state index contributed by atoms with van der Waals surface area (Å²) >= 11 is 6.80. The number of nitrogens with zero attached hydrogens (tertiary/aromatic N) is 1. The number of carbonyl (C=O) groups is 3. The molecular formula is C11H11ClN2O5S. The maximum Gasteiger partial charge on any atom is 0.407 e. The third kappa shape index (κ3) is 3.02. The second-order valence-corrected chi connectivity index (χ2v) is 6.03. The van der Waals surface area contributed by atoms with Gasteiger partial charge in [-0.1, -0.05) is 11.6 Å². The number of carboxylic acids is 1. The van der Waals surface area contributed by atoms with Gasteiger partial charge in [0.1, 0.15) is 0 Å². The Hall–Kier alpha value is -1.80. The first-order chi connectivity index (χ1) is 9.38. The largest absolute Gasteiger partial charge is 0.481 e. The molecule has 1 fully saturated rings. The van der Waals surface area contributed by atoms with E-state index in [1.165, 1.54) is 6.07 Å². The van der Waals surface area contributed by atoms with Crippen LogP contribution in [0.3, 0.4) is 0 Å². The summed E-state index contributed by atoms with van der Waals surface area (Å²) in [5, 5.41) is 20.5. The van der Waals surface area contributed by atoms with Crippen molar-refractivity contribution >= 4 is 40.9 Å². The van der Waals surface area contributed by atoms with E-state index in [0.717, 1.165) is 16.2 Å². The summed E-state index contributed by atoms with van der Waals surface area (Å²) < 4.78 is 0.448. The predicted octanol–water partition coefficient (Wildman–Crippen LogP) is 1.19. The number of rotatable bonds is 3. The van der Waals surface area contributed by atoms with Gasteiger partial charge >= 0.3 is 12.1 Å². The average molecular weight is 319 g/mol. The van der Waals surface area contributed by atoms with E-state index in [1.54, 1.807) is 6.07 Å². The molecule has 20 heavy (non-hydrogen) atoms. The molecular weight excluding hydrogens is 308 g/mol. The Morgan fingerprint density at radius 3 is 2.50 bits per heavy atom. The Labute approximate surface area is 122 Å². The molecule has 1 aromatic rings. The van der Waals surface area contributed by atoms with Crippen LogP contribution in [-0.4, -0.2) is 52.2 Å². The lowest BCUT2D eigenvalue weighted by molar-refractivity contribution is -0.141. The third-order valence-electron chi connectivity index (χ3n) is 3.02. The second-order valence-electron chi connectivity index (χ2n) is 4.32. The second kappa shape index (κ2) is 5.68. The summed E-state index contributed by atoms with van der Waals surface area (Å²) in [6.45, 7) is -0.183. The molecule has 0 spiro atoms. The Balaban J connectivity index is 2.08. The molecule has 0 bridgehead atoms. The van der Waals surface area contributed by atoms with E-state index in [2.05, 4.69) is 5.32 Å². The van der Waals surface area contributed by atoms with Crippen LogP contribution in [0.2, 0.25) is 4.34 Å². The van der Waals surface area contributed by atoms with Crippen LogP contribution in [0.5, 0.6) is 0 Å². The molecule has 9 heteroatoms. The highest BCUT2D eigenvalue weighted by Crippen LogP contribution is 2.23. The highest BCUT2D eigenvalue weighted by atomic mass is 35.5. The Morgan fingerprint density at radius 1 is 1.30 bits per heavy atom. The van der Waals surface area contributed by atoms with Gasteiger partial charge in [0, 0.05) is 13.1 Å². The highest BCUT2D eigenvalue weighted by Gasteiger charge is 2.40. The number of carbonyl (C=O) groups excluding carboxylic acids is 1. The molecule has 1 aliphatic rings. The van der Waals surface area contributed by atoms with Crippen molar-refractivity contribution in [2.24, 2.45) is 5.92 Å². The Morgan fingerprint density at radius 2 is 2.00 bits per heavy atom. The Bertz CT molecular complexity index is 561. The lowest BCUT2D eigenvalue weighted by Gasteiger charge is -2.15. The van der Waals surface area contributed by atoms with Crippen molar-refractivity contribution in [3.8, 4) is 0 Å². The van der Waals surface area contributed by atoms with Crippen molar-refractivity contribution in [1.29, 1.82) is 0 Å². The quantitative estimate of drug-likeness (QED) is 0.776. The number of thiophene rings is 1. The standard InChI is InChI=1S/C11H11ClN2O5S/c12-8-2-1-7(20-8)9(15)13-6-4-14(11(18)19)3-5(6)10(16)17/h1-2,5-6H,3-4H2,(H,13,15)(H,16,17)(H,18,19). The minimum atomic E-state index is -1.20. The summed E-state index contributed by atoms with van der Waals surface area (Å²) in [4.78, 5) is 35.3. The van der Waals surface area contributed by atoms with Gasteiger partial charge in [0.2, 0.25) is 0 Å². The van der Waals surface area contributed by atoms with Crippen LogP contribution in [-0.2, 0) is 4.79 Å². The average Bonchev–Trinajstić information content (AvgIpc) is 2.95. The van der Waals surface area contributed by atoms with Gasteiger partial charge in [0.25, 0.3) is 5.91 Å². The monoisotopic (exact) mass is 318 g/mol. The van der Waals surface area contributed by atoms with Gasteiger partial charge in [-0.2, -0.15) is 0 Å². The molecule has 0 radical (unpaired) electrons. The fourth-order valence-corrected chi connectivity index (χ4v) is 2.98. The van der Waals surface area contributed by atoms with Crippen molar-refractivity contribution in [2.45, 2.75) is 6.04 Å². The van der Waals surface area contributed by atoms with Crippen molar-refractivity contribution in [3.05, 3.63) is 21.3 Å². The number of carboxylic acid groups (broad SMARTS) is 2. The van der Waals surface area contributed by atoms with Crippen LogP contribution >= 0.6 is 22.9 Å². The van der Waals surface area contributed by atoms with Gasteiger partial charge in [0.15, 0.2) is 0 Å². The minimum Gasteiger partial charge on any atom is -0.481 e. The zero-order valence-corrected chi connectivity index (χ0v) is 11.6. The maximum atomic E-state index is 11.9. The van der Waals surface area contributed by atoms with Crippen LogP contribution < -0.4 is 5.32 Å². The first kappa shape index (κ1) is 14.6. The number of amides is 2. The van der Waals surface area contributed by atoms with Gasteiger partial charge in [0.05, 0.1) is 21.2 Å². The normalized spacial score (nSPS) is 21.8. The SMILES string of the molecule is O=C(NC1CN(C(=O)O)CC1C(=O)O)c1ccc(Cl)s1. The molecule has 2 atom stereocenters. The molecule has 0 aliphatic carbocycles. The molecule has 2 amide bonds. The summed E-state index contributed by atoms with van der Waals surface area (Å²) in [5.41, 5.74) is 0. The van der Waals surface area contributed by atoms with E-state index in [4.69, 9.17) is 21.8 Å². The van der Waals surface area contributed by atoms with Crippen molar-refractivity contribution in [2.75, 3.05) is 13.1 Å². The first-order valence-electron chi connectivity index (χ1n) is 5.65. The molecule has 7 nitrogen and oxygen atoms in total. The van der Waals surface area contributed by atoms with E-state index in [-0.39, 0.29) is 13.1 Å². The van der Waals surface area contributed by atoms with Crippen molar-refractivity contribution in [3.63, 3.8) is 0 Å². The van der Waals surface area contributed by atoms with Crippen LogP contribution in [0, 0.1) is 5.92 Å². The minimum absolute atomic E-state index is 0.0445. The molecule has 108 valence electrons. The molecule has 0 aromatic carbocycles. The lowest BCUT2D eigenvalue weighted by atomic mass is 10.0. The van der Waals surface area contributed by atoms with E-state index in [9.17, 15) is 14.4 Å².